The topological polar surface area (TPSA) is 84.0 Å². The molecule has 2 aromatic carbocycles. The van der Waals surface area contributed by atoms with Gasteiger partial charge >= 0.3 is 0 Å². The third-order valence-corrected chi connectivity index (χ3v) is 6.24. The van der Waals surface area contributed by atoms with E-state index in [1.54, 1.807) is 30.3 Å². The Hall–Kier alpha value is -2.86. The van der Waals surface area contributed by atoms with Crippen molar-refractivity contribution in [2.75, 3.05) is 23.8 Å². The molecular weight excluding hydrogens is 390 g/mol. The fourth-order valence-electron chi connectivity index (χ4n) is 4.21. The summed E-state index contributed by atoms with van der Waals surface area (Å²) in [4.78, 5) is 25.4. The van der Waals surface area contributed by atoms with Crippen LogP contribution in [-0.4, -0.2) is 31.0 Å². The fraction of sp³-hybridized carbons (Fsp3) is 0.440. The van der Waals surface area contributed by atoms with Crippen LogP contribution in [0.5, 0.6) is 5.75 Å². The predicted molar refractivity (Wildman–Crippen MR) is 123 cm³/mol. The molecule has 0 aromatic heterocycles. The lowest BCUT2D eigenvalue weighted by Gasteiger charge is -2.31. The number of para-hydroxylation sites is 1. The highest BCUT2D eigenvalue weighted by Crippen LogP contribution is 2.27. The number of carbonyl (C=O) groups is 2. The first kappa shape index (κ1) is 22.8. The van der Waals surface area contributed by atoms with Crippen molar-refractivity contribution in [1.29, 1.82) is 0 Å². The van der Waals surface area contributed by atoms with Crippen molar-refractivity contribution in [1.82, 2.24) is 0 Å². The van der Waals surface area contributed by atoms with Crippen molar-refractivity contribution in [3.63, 3.8) is 0 Å². The zero-order valence-electron chi connectivity index (χ0n) is 18.7. The molecule has 4 N–H and O–H groups in total. The van der Waals surface area contributed by atoms with Crippen molar-refractivity contribution in [3.05, 3.63) is 54.1 Å². The molecule has 0 unspecified atom stereocenters. The number of quaternary nitrogens is 1. The molecule has 0 bridgehead atoms. The number of hydrogen-bond donors (Lipinski definition) is 3. The zero-order chi connectivity index (χ0) is 22.2. The second kappa shape index (κ2) is 11.0. The zero-order valence-corrected chi connectivity index (χ0v) is 18.7. The summed E-state index contributed by atoms with van der Waals surface area (Å²) in [5.41, 5.74) is 1.63. The SMILES string of the molecule is CCOc1ccc(NC(=O)c2ccccc2NC(=O)C[NH2+][C@H]2CCC[C@H](C)[C@H]2C)cc1. The molecule has 3 rings (SSSR count). The first-order chi connectivity index (χ1) is 15.0. The van der Waals surface area contributed by atoms with Crippen LogP contribution in [0.1, 0.15) is 50.4 Å². The Morgan fingerprint density at radius 1 is 1.03 bits per heavy atom. The summed E-state index contributed by atoms with van der Waals surface area (Å²) < 4.78 is 5.43. The molecule has 1 fully saturated rings. The van der Waals surface area contributed by atoms with E-state index in [4.69, 9.17) is 4.74 Å². The Morgan fingerprint density at radius 3 is 2.52 bits per heavy atom. The highest BCUT2D eigenvalue weighted by molar-refractivity contribution is 6.10. The van der Waals surface area contributed by atoms with Crippen LogP contribution in [0.4, 0.5) is 11.4 Å². The number of nitrogens with one attached hydrogen (secondary N) is 2. The van der Waals surface area contributed by atoms with Gasteiger partial charge < -0.3 is 20.7 Å². The summed E-state index contributed by atoms with van der Waals surface area (Å²) in [5, 5.41) is 7.95. The highest BCUT2D eigenvalue weighted by Gasteiger charge is 2.30. The molecule has 0 saturated heterocycles. The van der Waals surface area contributed by atoms with Gasteiger partial charge in [0.2, 0.25) is 0 Å². The van der Waals surface area contributed by atoms with E-state index in [9.17, 15) is 9.59 Å². The average Bonchev–Trinajstić information content (AvgIpc) is 2.76. The molecule has 0 radical (unpaired) electrons. The molecule has 2 aromatic rings. The van der Waals surface area contributed by atoms with Gasteiger partial charge in [0.1, 0.15) is 5.75 Å². The van der Waals surface area contributed by atoms with Gasteiger partial charge in [-0.15, -0.1) is 0 Å². The second-order valence-corrected chi connectivity index (χ2v) is 8.38. The van der Waals surface area contributed by atoms with Crippen molar-refractivity contribution in [3.8, 4) is 5.75 Å². The van der Waals surface area contributed by atoms with Crippen LogP contribution in [0, 0.1) is 11.8 Å². The molecule has 0 aliphatic heterocycles. The largest absolute Gasteiger partial charge is 0.494 e. The number of benzene rings is 2. The third kappa shape index (κ3) is 6.31. The predicted octanol–water partition coefficient (Wildman–Crippen LogP) is 3.66. The number of ether oxygens (including phenoxy) is 1. The Balaban J connectivity index is 1.59. The molecule has 1 aliphatic rings. The van der Waals surface area contributed by atoms with Crippen LogP contribution >= 0.6 is 0 Å². The normalized spacial score (nSPS) is 20.7. The average molecular weight is 425 g/mol. The quantitative estimate of drug-likeness (QED) is 0.605. The maximum atomic E-state index is 12.8. The number of nitrogens with two attached hydrogens (primary N) is 1. The van der Waals surface area contributed by atoms with Crippen molar-refractivity contribution < 1.29 is 19.6 Å². The van der Waals surface area contributed by atoms with E-state index in [0.29, 0.717) is 48.0 Å². The van der Waals surface area contributed by atoms with Gasteiger partial charge in [0.05, 0.1) is 23.9 Å². The van der Waals surface area contributed by atoms with E-state index in [1.165, 1.54) is 12.8 Å². The molecule has 1 saturated carbocycles. The van der Waals surface area contributed by atoms with E-state index in [1.807, 2.05) is 25.1 Å². The van der Waals surface area contributed by atoms with E-state index in [0.717, 1.165) is 12.2 Å². The summed E-state index contributed by atoms with van der Waals surface area (Å²) in [5.74, 6) is 1.70. The monoisotopic (exact) mass is 424 g/mol. The van der Waals surface area contributed by atoms with Gasteiger partial charge in [0.15, 0.2) is 6.54 Å². The number of carbonyl (C=O) groups excluding carboxylic acids is 2. The number of rotatable bonds is 8. The summed E-state index contributed by atoms with van der Waals surface area (Å²) in [6.45, 7) is 7.45. The molecule has 6 nitrogen and oxygen atoms in total. The molecule has 6 heteroatoms. The van der Waals surface area contributed by atoms with Gasteiger partial charge in [-0.1, -0.05) is 26.0 Å². The van der Waals surface area contributed by atoms with Crippen LogP contribution in [0.15, 0.2) is 48.5 Å². The Morgan fingerprint density at radius 2 is 1.77 bits per heavy atom. The summed E-state index contributed by atoms with van der Waals surface area (Å²) >= 11 is 0. The maximum Gasteiger partial charge on any atom is 0.279 e. The lowest BCUT2D eigenvalue weighted by atomic mass is 9.78. The van der Waals surface area contributed by atoms with E-state index in [-0.39, 0.29) is 11.8 Å². The van der Waals surface area contributed by atoms with Crippen molar-refractivity contribution in [2.24, 2.45) is 11.8 Å². The third-order valence-electron chi connectivity index (χ3n) is 6.24. The van der Waals surface area contributed by atoms with Gasteiger partial charge in [0, 0.05) is 11.6 Å². The minimum absolute atomic E-state index is 0.0910. The summed E-state index contributed by atoms with van der Waals surface area (Å²) in [6.07, 6.45) is 3.65. The van der Waals surface area contributed by atoms with Gasteiger partial charge in [0.25, 0.3) is 11.8 Å². The lowest BCUT2D eigenvalue weighted by molar-refractivity contribution is -0.688. The number of anilines is 2. The van der Waals surface area contributed by atoms with Crippen LogP contribution in [0.3, 0.4) is 0 Å². The van der Waals surface area contributed by atoms with Gasteiger partial charge in [-0.2, -0.15) is 0 Å². The van der Waals surface area contributed by atoms with Crippen LogP contribution in [0.25, 0.3) is 0 Å². The Bertz CT molecular complexity index is 882. The molecule has 2 amide bonds. The number of hydrogen-bond acceptors (Lipinski definition) is 3. The molecule has 0 heterocycles. The second-order valence-electron chi connectivity index (χ2n) is 8.38. The van der Waals surface area contributed by atoms with Crippen LogP contribution in [0.2, 0.25) is 0 Å². The standard InChI is InChI=1S/C25H33N3O3/c1-4-31-20-14-12-19(13-15-20)27-25(30)21-9-5-6-10-23(21)28-24(29)16-26-22-11-7-8-17(2)18(22)3/h5-6,9-10,12-15,17-18,22,26H,4,7-8,11,16H2,1-3H3,(H,27,30)(H,28,29)/p+1/t17-,18+,22-/m0/s1. The summed E-state index contributed by atoms with van der Waals surface area (Å²) in [7, 11) is 0. The minimum atomic E-state index is -0.265. The molecule has 166 valence electrons. The Kier molecular flexibility index (Phi) is 8.06. The molecule has 3 atom stereocenters. The van der Waals surface area contributed by atoms with Crippen molar-refractivity contribution >= 4 is 23.2 Å². The van der Waals surface area contributed by atoms with E-state index < -0.39 is 0 Å². The fourth-order valence-corrected chi connectivity index (χ4v) is 4.21. The van der Waals surface area contributed by atoms with Crippen LogP contribution in [-0.2, 0) is 4.79 Å². The van der Waals surface area contributed by atoms with E-state index >= 15 is 0 Å². The smallest absolute Gasteiger partial charge is 0.279 e. The molecule has 0 spiro atoms. The molecule has 1 aliphatic carbocycles. The highest BCUT2D eigenvalue weighted by atomic mass is 16.5. The van der Waals surface area contributed by atoms with E-state index in [2.05, 4.69) is 29.8 Å². The minimum Gasteiger partial charge on any atom is -0.494 e. The first-order valence-corrected chi connectivity index (χ1v) is 11.2. The Labute approximate surface area is 184 Å². The summed E-state index contributed by atoms with van der Waals surface area (Å²) in [6, 6.07) is 14.8. The molecular formula is C25H34N3O3+. The van der Waals surface area contributed by atoms with Gasteiger partial charge in [-0.25, -0.2) is 0 Å². The molecule has 31 heavy (non-hydrogen) atoms. The van der Waals surface area contributed by atoms with Crippen LogP contribution < -0.4 is 20.7 Å². The first-order valence-electron chi connectivity index (χ1n) is 11.2. The van der Waals surface area contributed by atoms with Crippen molar-refractivity contribution in [2.45, 2.75) is 46.1 Å². The maximum absolute atomic E-state index is 12.8. The van der Waals surface area contributed by atoms with Gasteiger partial charge in [-0.3, -0.25) is 9.59 Å². The van der Waals surface area contributed by atoms with Gasteiger partial charge in [-0.05, 0) is 68.5 Å². The lowest BCUT2D eigenvalue weighted by Crippen LogP contribution is -2.93. The number of amides is 2.